The summed E-state index contributed by atoms with van der Waals surface area (Å²) in [6, 6.07) is 5.30. The molecule has 2 aliphatic rings. The minimum absolute atomic E-state index is 0.00496. The van der Waals surface area contributed by atoms with Crippen molar-refractivity contribution < 1.29 is 9.18 Å². The first-order valence-corrected chi connectivity index (χ1v) is 9.57. The third-order valence-electron chi connectivity index (χ3n) is 5.42. The molecule has 2 atom stereocenters. The molecule has 2 aliphatic heterocycles. The lowest BCUT2D eigenvalue weighted by atomic mass is 9.95. The summed E-state index contributed by atoms with van der Waals surface area (Å²) in [5.74, 6) is -0.188. The maximum atomic E-state index is 14.0. The Kier molecular flexibility index (Phi) is 5.97. The predicted octanol–water partition coefficient (Wildman–Crippen LogP) is 3.12. The van der Waals surface area contributed by atoms with Gasteiger partial charge in [0.2, 0.25) is 5.91 Å². The fourth-order valence-corrected chi connectivity index (χ4v) is 4.17. The quantitative estimate of drug-likeness (QED) is 0.859. The van der Waals surface area contributed by atoms with Crippen molar-refractivity contribution in [3.8, 4) is 0 Å². The number of rotatable bonds is 4. The summed E-state index contributed by atoms with van der Waals surface area (Å²) in [6.07, 6.45) is 2.64. The lowest BCUT2D eigenvalue weighted by Crippen LogP contribution is -2.45. The van der Waals surface area contributed by atoms with Gasteiger partial charge in [-0.1, -0.05) is 17.7 Å². The van der Waals surface area contributed by atoms with Crippen molar-refractivity contribution in [2.24, 2.45) is 5.92 Å². The number of nitrogens with zero attached hydrogens (tertiary/aromatic N) is 1. The Balaban J connectivity index is 1.79. The van der Waals surface area contributed by atoms with Crippen LogP contribution in [0.2, 0.25) is 5.02 Å². The Bertz CT molecular complexity index is 619. The van der Waals surface area contributed by atoms with E-state index in [0.29, 0.717) is 6.04 Å². The normalized spacial score (nSPS) is 25.5. The molecular formula is C19H27ClFN3O. The van der Waals surface area contributed by atoms with Crippen molar-refractivity contribution in [1.82, 2.24) is 15.5 Å². The predicted molar refractivity (Wildman–Crippen MR) is 98.1 cm³/mol. The number of benzene rings is 1. The van der Waals surface area contributed by atoms with Crippen molar-refractivity contribution in [2.75, 3.05) is 19.6 Å². The second-order valence-electron chi connectivity index (χ2n) is 7.38. The summed E-state index contributed by atoms with van der Waals surface area (Å²) < 4.78 is 14.0. The number of amides is 1. The van der Waals surface area contributed by atoms with E-state index in [9.17, 15) is 9.18 Å². The van der Waals surface area contributed by atoms with Crippen LogP contribution in [0.4, 0.5) is 4.39 Å². The van der Waals surface area contributed by atoms with Crippen LogP contribution in [-0.4, -0.2) is 42.5 Å². The van der Waals surface area contributed by atoms with Crippen LogP contribution >= 0.6 is 11.6 Å². The average Bonchev–Trinajstić information content (AvgIpc) is 3.02. The van der Waals surface area contributed by atoms with Gasteiger partial charge in [0.1, 0.15) is 5.82 Å². The van der Waals surface area contributed by atoms with Gasteiger partial charge in [0, 0.05) is 24.5 Å². The molecule has 0 aliphatic carbocycles. The zero-order valence-corrected chi connectivity index (χ0v) is 15.7. The number of hydrogen-bond donors (Lipinski definition) is 2. The number of nitrogens with one attached hydrogen (secondary N) is 2. The van der Waals surface area contributed by atoms with E-state index in [4.69, 9.17) is 11.6 Å². The summed E-state index contributed by atoms with van der Waals surface area (Å²) in [4.78, 5) is 15.0. The molecule has 0 saturated carbocycles. The van der Waals surface area contributed by atoms with Gasteiger partial charge >= 0.3 is 0 Å². The largest absolute Gasteiger partial charge is 0.351 e. The molecule has 3 rings (SSSR count). The molecule has 0 aromatic heterocycles. The zero-order valence-electron chi connectivity index (χ0n) is 14.9. The molecule has 6 heteroatoms. The van der Waals surface area contributed by atoms with E-state index in [2.05, 4.69) is 29.4 Å². The van der Waals surface area contributed by atoms with Crippen molar-refractivity contribution in [3.63, 3.8) is 0 Å². The average molecular weight is 368 g/mol. The maximum absolute atomic E-state index is 14.0. The van der Waals surface area contributed by atoms with Gasteiger partial charge in [-0.3, -0.25) is 9.69 Å². The molecule has 2 N–H and O–H groups in total. The summed E-state index contributed by atoms with van der Waals surface area (Å²) >= 11 is 5.84. The van der Waals surface area contributed by atoms with Crippen molar-refractivity contribution in [1.29, 1.82) is 0 Å². The van der Waals surface area contributed by atoms with Crippen LogP contribution in [0.1, 0.15) is 44.7 Å². The van der Waals surface area contributed by atoms with Gasteiger partial charge in [-0.2, -0.15) is 0 Å². The number of piperidine rings is 1. The Morgan fingerprint density at radius 3 is 2.68 bits per heavy atom. The van der Waals surface area contributed by atoms with E-state index < -0.39 is 5.82 Å². The number of carbonyl (C=O) groups is 1. The van der Waals surface area contributed by atoms with E-state index in [1.54, 1.807) is 6.07 Å². The molecule has 1 aromatic rings. The van der Waals surface area contributed by atoms with Gasteiger partial charge in [-0.25, -0.2) is 4.39 Å². The molecule has 1 amide bonds. The van der Waals surface area contributed by atoms with Crippen LogP contribution in [0.3, 0.4) is 0 Å². The fraction of sp³-hybridized carbons (Fsp3) is 0.632. The van der Waals surface area contributed by atoms with Crippen LogP contribution in [0, 0.1) is 11.7 Å². The van der Waals surface area contributed by atoms with Crippen LogP contribution in [0.15, 0.2) is 18.2 Å². The summed E-state index contributed by atoms with van der Waals surface area (Å²) in [5, 5.41) is 6.67. The minimum Gasteiger partial charge on any atom is -0.351 e. The van der Waals surface area contributed by atoms with Gasteiger partial charge in [0.15, 0.2) is 0 Å². The lowest BCUT2D eigenvalue weighted by Gasteiger charge is -2.33. The number of carbonyl (C=O) groups excluding carboxylic acids is 1. The molecule has 25 heavy (non-hydrogen) atoms. The SMILES string of the molecule is CC(C)N1CCC(NC(=O)C2CCNCC2)C1c1ccc(Cl)c(F)c1. The smallest absolute Gasteiger partial charge is 0.223 e. The molecule has 0 spiro atoms. The number of hydrogen-bond acceptors (Lipinski definition) is 3. The lowest BCUT2D eigenvalue weighted by molar-refractivity contribution is -0.126. The van der Waals surface area contributed by atoms with E-state index >= 15 is 0 Å². The van der Waals surface area contributed by atoms with Gasteiger partial charge < -0.3 is 10.6 Å². The molecule has 2 saturated heterocycles. The van der Waals surface area contributed by atoms with Gasteiger partial charge in [0.25, 0.3) is 0 Å². The standard InChI is InChI=1S/C19H27ClFN3O/c1-12(2)24-10-7-17(23-19(25)13-5-8-22-9-6-13)18(24)14-3-4-15(20)16(21)11-14/h3-4,11-13,17-18,22H,5-10H2,1-2H3,(H,23,25). The second kappa shape index (κ2) is 8.02. The number of halogens is 2. The molecule has 4 nitrogen and oxygen atoms in total. The molecule has 138 valence electrons. The third-order valence-corrected chi connectivity index (χ3v) is 5.73. The van der Waals surface area contributed by atoms with E-state index in [-0.39, 0.29) is 28.9 Å². The summed E-state index contributed by atoms with van der Waals surface area (Å²) in [7, 11) is 0. The van der Waals surface area contributed by atoms with Crippen LogP contribution in [-0.2, 0) is 4.79 Å². The molecule has 0 radical (unpaired) electrons. The van der Waals surface area contributed by atoms with Gasteiger partial charge in [-0.15, -0.1) is 0 Å². The highest BCUT2D eigenvalue weighted by Crippen LogP contribution is 2.35. The Hall–Kier alpha value is -1.17. The van der Waals surface area contributed by atoms with Crippen LogP contribution in [0.5, 0.6) is 0 Å². The highest BCUT2D eigenvalue weighted by Gasteiger charge is 2.38. The molecule has 2 fully saturated rings. The fourth-order valence-electron chi connectivity index (χ4n) is 4.05. The first-order valence-electron chi connectivity index (χ1n) is 9.19. The van der Waals surface area contributed by atoms with Crippen molar-refractivity contribution >= 4 is 17.5 Å². The Morgan fingerprint density at radius 1 is 1.32 bits per heavy atom. The minimum atomic E-state index is -0.404. The van der Waals surface area contributed by atoms with E-state index in [0.717, 1.165) is 44.5 Å². The van der Waals surface area contributed by atoms with Crippen molar-refractivity contribution in [3.05, 3.63) is 34.6 Å². The Labute approximate surface area is 154 Å². The summed E-state index contributed by atoms with van der Waals surface area (Å²) in [6.45, 7) is 6.95. The maximum Gasteiger partial charge on any atom is 0.223 e. The van der Waals surface area contributed by atoms with Gasteiger partial charge in [0.05, 0.1) is 11.1 Å². The number of likely N-dealkylation sites (tertiary alicyclic amines) is 1. The second-order valence-corrected chi connectivity index (χ2v) is 7.79. The first-order chi connectivity index (χ1) is 12.0. The monoisotopic (exact) mass is 367 g/mol. The van der Waals surface area contributed by atoms with E-state index in [1.807, 2.05) is 6.07 Å². The molecule has 2 heterocycles. The topological polar surface area (TPSA) is 44.4 Å². The first kappa shape index (κ1) is 18.6. The van der Waals surface area contributed by atoms with Crippen LogP contribution in [0.25, 0.3) is 0 Å². The van der Waals surface area contributed by atoms with Gasteiger partial charge in [-0.05, 0) is 63.9 Å². The zero-order chi connectivity index (χ0) is 18.0. The molecule has 0 bridgehead atoms. The van der Waals surface area contributed by atoms with Crippen molar-refractivity contribution in [2.45, 2.75) is 51.2 Å². The highest BCUT2D eigenvalue weighted by atomic mass is 35.5. The Morgan fingerprint density at radius 2 is 2.04 bits per heavy atom. The third kappa shape index (κ3) is 4.15. The molecular weight excluding hydrogens is 341 g/mol. The van der Waals surface area contributed by atoms with Crippen LogP contribution < -0.4 is 10.6 Å². The summed E-state index contributed by atoms with van der Waals surface area (Å²) in [5.41, 5.74) is 0.878. The molecule has 2 unspecified atom stereocenters. The highest BCUT2D eigenvalue weighted by molar-refractivity contribution is 6.30. The molecule has 1 aromatic carbocycles. The van der Waals surface area contributed by atoms with E-state index in [1.165, 1.54) is 6.07 Å².